The summed E-state index contributed by atoms with van der Waals surface area (Å²) in [6.07, 6.45) is 1.57. The molecule has 0 saturated heterocycles. The summed E-state index contributed by atoms with van der Waals surface area (Å²) in [5.74, 6) is 0.587. The van der Waals surface area contributed by atoms with Gasteiger partial charge >= 0.3 is 0 Å². The monoisotopic (exact) mass is 274 g/mol. The van der Waals surface area contributed by atoms with Gasteiger partial charge in [-0.2, -0.15) is 0 Å². The molecule has 3 N–H and O–H groups in total. The minimum atomic E-state index is -3.55. The fourth-order valence-corrected chi connectivity index (χ4v) is 2.34. The highest BCUT2D eigenvalue weighted by molar-refractivity contribution is 7.93. The van der Waals surface area contributed by atoms with Gasteiger partial charge in [-0.25, -0.2) is 23.1 Å². The highest BCUT2D eigenvalue weighted by Gasteiger charge is 2.22. The summed E-state index contributed by atoms with van der Waals surface area (Å²) in [5, 5.41) is -0.902. The first-order chi connectivity index (χ1) is 7.83. The van der Waals surface area contributed by atoms with Gasteiger partial charge in [0.2, 0.25) is 10.0 Å². The van der Waals surface area contributed by atoms with Gasteiger partial charge in [0, 0.05) is 6.20 Å². The summed E-state index contributed by atoms with van der Waals surface area (Å²) < 4.78 is 25.8. The maximum atomic E-state index is 11.7. The van der Waals surface area contributed by atoms with Crippen molar-refractivity contribution >= 4 is 27.2 Å². The molecule has 1 atom stereocenters. The lowest BCUT2D eigenvalue weighted by Gasteiger charge is -2.12. The van der Waals surface area contributed by atoms with Crippen LogP contribution < -0.4 is 10.5 Å². The van der Waals surface area contributed by atoms with Crippen LogP contribution in [0.25, 0.3) is 0 Å². The Kier molecular flexibility index (Phi) is 4.49. The number of aryl methyl sites for hydroxylation is 1. The number of aromatic nitrogens is 2. The molecule has 1 aromatic heterocycles. The van der Waals surface area contributed by atoms with Crippen molar-refractivity contribution < 1.29 is 8.42 Å². The summed E-state index contributed by atoms with van der Waals surface area (Å²) in [5.41, 5.74) is 5.90. The zero-order valence-electron chi connectivity index (χ0n) is 9.54. The molecule has 0 aliphatic rings. The fraction of sp³-hybridized carbons (Fsp3) is 0.444. The van der Waals surface area contributed by atoms with Crippen LogP contribution >= 0.6 is 12.2 Å². The molecule has 0 fully saturated rings. The molecule has 0 spiro atoms. The van der Waals surface area contributed by atoms with E-state index in [9.17, 15) is 8.42 Å². The second-order valence-corrected chi connectivity index (χ2v) is 6.06. The third kappa shape index (κ3) is 3.99. The summed E-state index contributed by atoms with van der Waals surface area (Å²) in [7, 11) is -3.55. The van der Waals surface area contributed by atoms with Crippen LogP contribution in [0.4, 0.5) is 0 Å². The Morgan fingerprint density at radius 2 is 2.29 bits per heavy atom. The molecule has 94 valence electrons. The Morgan fingerprint density at radius 3 is 2.82 bits per heavy atom. The third-order valence-electron chi connectivity index (χ3n) is 2.15. The second-order valence-electron chi connectivity index (χ2n) is 3.51. The van der Waals surface area contributed by atoms with E-state index in [1.807, 2.05) is 0 Å². The Balaban J connectivity index is 2.71. The lowest BCUT2D eigenvalue weighted by molar-refractivity contribution is 0.577. The molecule has 0 aliphatic heterocycles. The topological polar surface area (TPSA) is 98.0 Å². The van der Waals surface area contributed by atoms with Crippen molar-refractivity contribution in [1.82, 2.24) is 14.7 Å². The first-order valence-electron chi connectivity index (χ1n) is 4.89. The normalized spacial score (nSPS) is 13.3. The van der Waals surface area contributed by atoms with E-state index in [0.29, 0.717) is 11.5 Å². The zero-order chi connectivity index (χ0) is 13.1. The molecule has 17 heavy (non-hydrogen) atoms. The maximum Gasteiger partial charge on any atom is 0.221 e. The van der Waals surface area contributed by atoms with Gasteiger partial charge in [0.15, 0.2) is 0 Å². The molecule has 0 bridgehead atoms. The Hall–Kier alpha value is -1.12. The van der Waals surface area contributed by atoms with Gasteiger partial charge in [0.25, 0.3) is 0 Å². The molecular weight excluding hydrogens is 260 g/mol. The molecule has 0 radical (unpaired) electrons. The maximum absolute atomic E-state index is 11.7. The van der Waals surface area contributed by atoms with Crippen molar-refractivity contribution in [2.45, 2.75) is 25.6 Å². The van der Waals surface area contributed by atoms with E-state index in [0.717, 1.165) is 0 Å². The summed E-state index contributed by atoms with van der Waals surface area (Å²) >= 11 is 4.65. The van der Waals surface area contributed by atoms with E-state index in [2.05, 4.69) is 26.9 Å². The lowest BCUT2D eigenvalue weighted by Crippen LogP contribution is -2.39. The van der Waals surface area contributed by atoms with Crippen molar-refractivity contribution in [1.29, 1.82) is 0 Å². The SMILES string of the molecule is Cc1nccc(CNS(=O)(=O)C(C)C(N)=S)n1. The van der Waals surface area contributed by atoms with Crippen molar-refractivity contribution in [2.24, 2.45) is 5.73 Å². The zero-order valence-corrected chi connectivity index (χ0v) is 11.2. The first kappa shape index (κ1) is 13.9. The highest BCUT2D eigenvalue weighted by atomic mass is 32.2. The minimum Gasteiger partial charge on any atom is -0.392 e. The Bertz CT molecular complexity index is 515. The molecular formula is C9H14N4O2S2. The first-order valence-corrected chi connectivity index (χ1v) is 6.84. The van der Waals surface area contributed by atoms with E-state index in [1.54, 1.807) is 19.2 Å². The number of rotatable bonds is 5. The summed E-state index contributed by atoms with van der Waals surface area (Å²) in [4.78, 5) is 7.94. The standard InChI is InChI=1S/C9H14N4O2S2/c1-6(9(10)16)17(14,15)12-5-8-3-4-11-7(2)13-8/h3-4,6,12H,5H2,1-2H3,(H2,10,16). The predicted octanol–water partition coefficient (Wildman–Crippen LogP) is -0.121. The summed E-state index contributed by atoms with van der Waals surface area (Å²) in [6.45, 7) is 3.27. The smallest absolute Gasteiger partial charge is 0.221 e. The number of hydrogen-bond donors (Lipinski definition) is 2. The van der Waals surface area contributed by atoms with Gasteiger partial charge in [-0.05, 0) is 19.9 Å². The van der Waals surface area contributed by atoms with Crippen molar-refractivity contribution in [2.75, 3.05) is 0 Å². The van der Waals surface area contributed by atoms with Gasteiger partial charge in [-0.15, -0.1) is 0 Å². The van der Waals surface area contributed by atoms with Crippen LogP contribution in [0.5, 0.6) is 0 Å². The molecule has 1 unspecified atom stereocenters. The Morgan fingerprint density at radius 1 is 1.65 bits per heavy atom. The van der Waals surface area contributed by atoms with Gasteiger partial charge in [-0.1, -0.05) is 12.2 Å². The van der Waals surface area contributed by atoms with Crippen molar-refractivity contribution in [3.05, 3.63) is 23.8 Å². The molecule has 1 rings (SSSR count). The van der Waals surface area contributed by atoms with Crippen LogP contribution in [0.2, 0.25) is 0 Å². The fourth-order valence-electron chi connectivity index (χ4n) is 1.06. The van der Waals surface area contributed by atoms with Crippen LogP contribution in [0.1, 0.15) is 18.4 Å². The van der Waals surface area contributed by atoms with Crippen molar-refractivity contribution in [3.63, 3.8) is 0 Å². The number of nitrogens with one attached hydrogen (secondary N) is 1. The predicted molar refractivity (Wildman–Crippen MR) is 68.8 cm³/mol. The van der Waals surface area contributed by atoms with E-state index in [1.165, 1.54) is 6.92 Å². The number of nitrogens with two attached hydrogens (primary N) is 1. The average Bonchev–Trinajstić information content (AvgIpc) is 2.25. The molecule has 0 aliphatic carbocycles. The number of hydrogen-bond acceptors (Lipinski definition) is 5. The van der Waals surface area contributed by atoms with Crippen LogP contribution in [0, 0.1) is 6.92 Å². The molecule has 0 aromatic carbocycles. The molecule has 8 heteroatoms. The number of sulfonamides is 1. The van der Waals surface area contributed by atoms with Gasteiger partial charge < -0.3 is 5.73 Å². The van der Waals surface area contributed by atoms with E-state index >= 15 is 0 Å². The molecule has 0 saturated carbocycles. The second kappa shape index (κ2) is 5.48. The van der Waals surface area contributed by atoms with E-state index in [-0.39, 0.29) is 11.5 Å². The number of thiocarbonyl (C=S) groups is 1. The van der Waals surface area contributed by atoms with Crippen LogP contribution in [-0.2, 0) is 16.6 Å². The largest absolute Gasteiger partial charge is 0.392 e. The van der Waals surface area contributed by atoms with Gasteiger partial charge in [-0.3, -0.25) is 0 Å². The van der Waals surface area contributed by atoms with Crippen LogP contribution in [0.3, 0.4) is 0 Å². The highest BCUT2D eigenvalue weighted by Crippen LogP contribution is 2.01. The molecule has 1 heterocycles. The van der Waals surface area contributed by atoms with E-state index < -0.39 is 15.3 Å². The molecule has 0 amide bonds. The minimum absolute atomic E-state index is 0.0589. The Labute approximate surface area is 106 Å². The quantitative estimate of drug-likeness (QED) is 0.726. The van der Waals surface area contributed by atoms with Crippen LogP contribution in [0.15, 0.2) is 12.3 Å². The average molecular weight is 274 g/mol. The third-order valence-corrected chi connectivity index (χ3v) is 4.39. The molecule has 6 nitrogen and oxygen atoms in total. The van der Waals surface area contributed by atoms with Gasteiger partial charge in [0.1, 0.15) is 11.1 Å². The molecule has 1 aromatic rings. The van der Waals surface area contributed by atoms with Crippen molar-refractivity contribution in [3.8, 4) is 0 Å². The number of nitrogens with zero attached hydrogens (tertiary/aromatic N) is 2. The summed E-state index contributed by atoms with van der Waals surface area (Å²) in [6, 6.07) is 1.64. The van der Waals surface area contributed by atoms with E-state index in [4.69, 9.17) is 5.73 Å². The van der Waals surface area contributed by atoms with Gasteiger partial charge in [0.05, 0.1) is 17.2 Å². The lowest BCUT2D eigenvalue weighted by atomic mass is 10.4. The van der Waals surface area contributed by atoms with Crippen LogP contribution in [-0.4, -0.2) is 28.6 Å².